The maximum absolute atomic E-state index is 12.7. The third-order valence-electron chi connectivity index (χ3n) is 4.51. The van der Waals surface area contributed by atoms with E-state index in [0.717, 1.165) is 22.3 Å². The van der Waals surface area contributed by atoms with Gasteiger partial charge in [0.05, 0.1) is 17.7 Å². The van der Waals surface area contributed by atoms with Crippen molar-refractivity contribution < 1.29 is 17.6 Å². The van der Waals surface area contributed by atoms with E-state index in [4.69, 9.17) is 4.42 Å². The summed E-state index contributed by atoms with van der Waals surface area (Å²) in [5.74, 6) is 0.324. The number of aromatic nitrogens is 2. The molecule has 0 saturated heterocycles. The summed E-state index contributed by atoms with van der Waals surface area (Å²) in [4.78, 5) is 20.2. The maximum Gasteiger partial charge on any atom is 0.240 e. The molecule has 3 aromatic heterocycles. The molecule has 8 heteroatoms. The Morgan fingerprint density at radius 3 is 2.83 bits per heavy atom. The molecule has 0 aliphatic heterocycles. The Kier molecular flexibility index (Phi) is 5.04. The second-order valence-electron chi connectivity index (χ2n) is 6.77. The number of sulfonamides is 1. The molecule has 4 aromatic rings. The molecular weight excluding hydrogens is 390 g/mol. The van der Waals surface area contributed by atoms with Crippen molar-refractivity contribution in [2.24, 2.45) is 0 Å². The van der Waals surface area contributed by atoms with Gasteiger partial charge in [0, 0.05) is 29.3 Å². The van der Waals surface area contributed by atoms with E-state index in [2.05, 4.69) is 14.7 Å². The minimum absolute atomic E-state index is 0.0322. The molecule has 7 nitrogen and oxygen atoms in total. The maximum atomic E-state index is 12.7. The first-order valence-electron chi connectivity index (χ1n) is 9.00. The molecule has 0 atom stereocenters. The number of hydrogen-bond acceptors (Lipinski definition) is 5. The number of furan rings is 1. The van der Waals surface area contributed by atoms with Crippen molar-refractivity contribution in [2.45, 2.75) is 24.8 Å². The summed E-state index contributed by atoms with van der Waals surface area (Å²) < 4.78 is 32.7. The van der Waals surface area contributed by atoms with Gasteiger partial charge in [0.15, 0.2) is 5.78 Å². The number of aromatic amines is 1. The van der Waals surface area contributed by atoms with Crippen LogP contribution < -0.4 is 4.72 Å². The van der Waals surface area contributed by atoms with E-state index in [-0.39, 0.29) is 23.6 Å². The van der Waals surface area contributed by atoms with Crippen LogP contribution in [0.5, 0.6) is 0 Å². The van der Waals surface area contributed by atoms with E-state index in [0.29, 0.717) is 11.3 Å². The Labute approximate surface area is 167 Å². The predicted octanol–water partition coefficient (Wildman–Crippen LogP) is 3.37. The van der Waals surface area contributed by atoms with Crippen molar-refractivity contribution in [1.29, 1.82) is 0 Å². The van der Waals surface area contributed by atoms with Gasteiger partial charge in [0.2, 0.25) is 10.0 Å². The van der Waals surface area contributed by atoms with Crippen LogP contribution in [0.2, 0.25) is 0 Å². The lowest BCUT2D eigenvalue weighted by atomic mass is 10.0. The molecule has 2 N–H and O–H groups in total. The number of ketones is 1. The molecule has 148 valence electrons. The van der Waals surface area contributed by atoms with Gasteiger partial charge in [-0.25, -0.2) is 18.1 Å². The van der Waals surface area contributed by atoms with E-state index in [1.165, 1.54) is 18.4 Å². The Morgan fingerprint density at radius 1 is 1.17 bits per heavy atom. The zero-order valence-corrected chi connectivity index (χ0v) is 16.5. The number of carbonyl (C=O) groups is 1. The average Bonchev–Trinajstić information content (AvgIpc) is 3.35. The summed E-state index contributed by atoms with van der Waals surface area (Å²) in [6.07, 6.45) is 3.27. The number of fused-ring (bicyclic) bond motifs is 1. The molecule has 0 aliphatic rings. The quantitative estimate of drug-likeness (QED) is 0.455. The summed E-state index contributed by atoms with van der Waals surface area (Å²) in [5.41, 5.74) is 2.87. The van der Waals surface area contributed by atoms with Gasteiger partial charge in [0.25, 0.3) is 0 Å². The summed E-state index contributed by atoms with van der Waals surface area (Å²) in [6.45, 7) is 1.98. The lowest BCUT2D eigenvalue weighted by Crippen LogP contribution is -2.23. The van der Waals surface area contributed by atoms with Gasteiger partial charge in [-0.1, -0.05) is 12.1 Å². The molecule has 0 saturated carbocycles. The number of rotatable bonds is 7. The third kappa shape index (κ3) is 4.28. The Bertz CT molecular complexity index is 1270. The minimum Gasteiger partial charge on any atom is -0.468 e. The van der Waals surface area contributed by atoms with Crippen LogP contribution in [-0.2, 0) is 23.0 Å². The predicted molar refractivity (Wildman–Crippen MR) is 108 cm³/mol. The molecule has 1 aromatic carbocycles. The first-order valence-corrected chi connectivity index (χ1v) is 10.5. The van der Waals surface area contributed by atoms with Crippen LogP contribution in [0, 0.1) is 6.92 Å². The van der Waals surface area contributed by atoms with E-state index in [1.807, 2.05) is 19.1 Å². The minimum atomic E-state index is -3.77. The van der Waals surface area contributed by atoms with Gasteiger partial charge >= 0.3 is 0 Å². The Morgan fingerprint density at radius 2 is 2.03 bits per heavy atom. The van der Waals surface area contributed by atoms with Gasteiger partial charge in [-0.05, 0) is 48.9 Å². The molecule has 0 bridgehead atoms. The third-order valence-corrected chi connectivity index (χ3v) is 5.91. The second-order valence-corrected chi connectivity index (χ2v) is 8.53. The average molecular weight is 409 g/mol. The van der Waals surface area contributed by atoms with Gasteiger partial charge < -0.3 is 9.40 Å². The number of pyridine rings is 1. The van der Waals surface area contributed by atoms with Crippen LogP contribution in [0.25, 0.3) is 11.0 Å². The standard InChI is InChI=1S/C21H19N3O4S/c1-14-8-17-9-15(12-22-21(17)24-14)10-20(25)16-4-2-6-19(11-16)29(26,27)23-13-18-5-3-7-28-18/h2-9,11-12,23H,10,13H2,1H3,(H,22,24). The largest absolute Gasteiger partial charge is 0.468 e. The Hall–Kier alpha value is -3.23. The fraction of sp³-hybridized carbons (Fsp3) is 0.143. The van der Waals surface area contributed by atoms with Crippen LogP contribution in [0.4, 0.5) is 0 Å². The van der Waals surface area contributed by atoms with E-state index < -0.39 is 10.0 Å². The smallest absolute Gasteiger partial charge is 0.240 e. The fourth-order valence-corrected chi connectivity index (χ4v) is 4.12. The van der Waals surface area contributed by atoms with Crippen LogP contribution in [-0.4, -0.2) is 24.2 Å². The lowest BCUT2D eigenvalue weighted by molar-refractivity contribution is 0.0992. The van der Waals surface area contributed by atoms with E-state index in [1.54, 1.807) is 30.5 Å². The zero-order valence-electron chi connectivity index (χ0n) is 15.7. The number of hydrogen-bond donors (Lipinski definition) is 2. The van der Waals surface area contributed by atoms with Crippen molar-refractivity contribution in [3.8, 4) is 0 Å². The number of carbonyl (C=O) groups excluding carboxylic acids is 1. The number of nitrogens with zero attached hydrogens (tertiary/aromatic N) is 1. The number of Topliss-reactive ketones (excluding diaryl/α,β-unsaturated/α-hetero) is 1. The van der Waals surface area contributed by atoms with Crippen molar-refractivity contribution >= 4 is 26.8 Å². The highest BCUT2D eigenvalue weighted by atomic mass is 32.2. The van der Waals surface area contributed by atoms with E-state index in [9.17, 15) is 13.2 Å². The molecule has 0 radical (unpaired) electrons. The molecule has 0 spiro atoms. The monoisotopic (exact) mass is 409 g/mol. The fourth-order valence-electron chi connectivity index (χ4n) is 3.08. The molecular formula is C21H19N3O4S. The molecule has 29 heavy (non-hydrogen) atoms. The van der Waals surface area contributed by atoms with Gasteiger partial charge in [-0.15, -0.1) is 0 Å². The van der Waals surface area contributed by atoms with E-state index >= 15 is 0 Å². The summed E-state index contributed by atoms with van der Waals surface area (Å²) in [7, 11) is -3.77. The van der Waals surface area contributed by atoms with Crippen LogP contribution >= 0.6 is 0 Å². The highest BCUT2D eigenvalue weighted by molar-refractivity contribution is 7.89. The SMILES string of the molecule is Cc1cc2cc(CC(=O)c3cccc(S(=O)(=O)NCc4ccco4)c3)cnc2[nH]1. The number of nitrogens with one attached hydrogen (secondary N) is 2. The van der Waals surface area contributed by atoms with Gasteiger partial charge in [-0.2, -0.15) is 0 Å². The lowest BCUT2D eigenvalue weighted by Gasteiger charge is -2.07. The molecule has 0 unspecified atom stereocenters. The van der Waals surface area contributed by atoms with Crippen LogP contribution in [0.3, 0.4) is 0 Å². The van der Waals surface area contributed by atoms with Crippen molar-refractivity contribution in [3.05, 3.63) is 83.6 Å². The summed E-state index contributed by atoms with van der Waals surface area (Å²) in [6, 6.07) is 13.3. The van der Waals surface area contributed by atoms with Gasteiger partial charge in [0.1, 0.15) is 11.4 Å². The molecule has 4 rings (SSSR count). The number of H-pyrrole nitrogens is 1. The highest BCUT2D eigenvalue weighted by Gasteiger charge is 2.17. The van der Waals surface area contributed by atoms with Crippen molar-refractivity contribution in [1.82, 2.24) is 14.7 Å². The normalized spacial score (nSPS) is 11.8. The Balaban J connectivity index is 1.51. The zero-order chi connectivity index (χ0) is 20.4. The summed E-state index contributed by atoms with van der Waals surface area (Å²) >= 11 is 0. The number of benzene rings is 1. The second kappa shape index (κ2) is 7.65. The van der Waals surface area contributed by atoms with Crippen LogP contribution in [0.15, 0.2) is 70.3 Å². The van der Waals surface area contributed by atoms with Gasteiger partial charge in [-0.3, -0.25) is 4.79 Å². The van der Waals surface area contributed by atoms with Crippen molar-refractivity contribution in [3.63, 3.8) is 0 Å². The first kappa shape index (κ1) is 19.1. The highest BCUT2D eigenvalue weighted by Crippen LogP contribution is 2.18. The van der Waals surface area contributed by atoms with Crippen molar-refractivity contribution in [2.75, 3.05) is 0 Å². The molecule has 0 fully saturated rings. The molecule has 0 amide bonds. The molecule has 0 aliphatic carbocycles. The number of aryl methyl sites for hydroxylation is 1. The topological polar surface area (TPSA) is 105 Å². The van der Waals surface area contributed by atoms with Crippen LogP contribution in [0.1, 0.15) is 27.4 Å². The molecule has 3 heterocycles. The first-order chi connectivity index (χ1) is 13.9. The summed E-state index contributed by atoms with van der Waals surface area (Å²) in [5, 5.41) is 0.936.